The minimum Gasteiger partial charge on any atom is -0.308 e. The van der Waals surface area contributed by atoms with Gasteiger partial charge in [-0.2, -0.15) is 0 Å². The lowest BCUT2D eigenvalue weighted by atomic mass is 9.82. The fourth-order valence-corrected chi connectivity index (χ4v) is 13.6. The molecule has 0 radical (unpaired) electrons. The second kappa shape index (κ2) is 11.8. The molecule has 0 bridgehead atoms. The number of nitrogens with zero attached hydrogens (tertiary/aromatic N) is 1. The SMILES string of the molecule is CC1(C)c2ccccc2-c2cc(-c3ccc4cc5c(cc4c3)c3cc4sc6ccccc6c4c4c6cc7cc(-c8ccc9c(c8)-c8ccccc8C9(C)C)ccc7cc6n5c34)ccc21. The summed E-state index contributed by atoms with van der Waals surface area (Å²) in [6, 6.07) is 67.6. The normalized spacial score (nSPS) is 14.8. The summed E-state index contributed by atoms with van der Waals surface area (Å²) in [7, 11) is 0. The van der Waals surface area contributed by atoms with E-state index in [-0.39, 0.29) is 10.8 Å². The lowest BCUT2D eigenvalue weighted by molar-refractivity contribution is 0.660. The molecule has 0 saturated carbocycles. The zero-order valence-corrected chi connectivity index (χ0v) is 36.9. The standard InChI is InChI=1S/C62H41NS/c1-61(2)50-14-8-5-11-42(50)45-27-36(21-23-52(45)61)34-17-19-38-31-54-47(29-40(38)25-34)48-33-57-58(44-13-7-10-16-56(44)64-57)59-49-30-41-26-35(18-20-39(41)32-55(49)63(54)60(48)59)37-22-24-53-46(28-37)43-12-6-9-15-51(43)62(53,3)4/h5-33H,1-4H3. The molecule has 0 amide bonds. The highest BCUT2D eigenvalue weighted by Gasteiger charge is 2.36. The van der Waals surface area contributed by atoms with Crippen molar-refractivity contribution in [2.24, 2.45) is 0 Å². The van der Waals surface area contributed by atoms with E-state index < -0.39 is 0 Å². The molecule has 0 aliphatic heterocycles. The molecule has 3 heterocycles. The van der Waals surface area contributed by atoms with Gasteiger partial charge in [0.2, 0.25) is 0 Å². The van der Waals surface area contributed by atoms with Gasteiger partial charge >= 0.3 is 0 Å². The van der Waals surface area contributed by atoms with Crippen molar-refractivity contribution >= 4 is 91.1 Å². The predicted octanol–water partition coefficient (Wildman–Crippen LogP) is 17.5. The van der Waals surface area contributed by atoms with E-state index in [9.17, 15) is 0 Å². The number of aromatic nitrogens is 1. The molecule has 1 nitrogen and oxygen atoms in total. The summed E-state index contributed by atoms with van der Waals surface area (Å²) in [5.41, 5.74) is 20.0. The molecular formula is C62H41NS. The van der Waals surface area contributed by atoms with Crippen molar-refractivity contribution in [3.63, 3.8) is 0 Å². The van der Waals surface area contributed by atoms with Gasteiger partial charge in [0, 0.05) is 52.5 Å². The van der Waals surface area contributed by atoms with E-state index in [2.05, 4.69) is 208 Å². The molecule has 0 unspecified atom stereocenters. The molecular weight excluding hydrogens is 791 g/mol. The Bertz CT molecular complexity index is 4250. The molecule has 0 atom stereocenters. The molecule has 3 aromatic heterocycles. The maximum Gasteiger partial charge on any atom is 0.0627 e. The monoisotopic (exact) mass is 831 g/mol. The average Bonchev–Trinajstić information content (AvgIpc) is 4.07. The van der Waals surface area contributed by atoms with Crippen LogP contribution in [0.3, 0.4) is 0 Å². The van der Waals surface area contributed by atoms with Crippen LogP contribution in [0.5, 0.6) is 0 Å². The number of benzene rings is 10. The molecule has 2 heteroatoms. The zero-order chi connectivity index (χ0) is 42.4. The summed E-state index contributed by atoms with van der Waals surface area (Å²) in [6.07, 6.45) is 0. The largest absolute Gasteiger partial charge is 0.308 e. The van der Waals surface area contributed by atoms with Gasteiger partial charge in [0.05, 0.1) is 16.6 Å². The number of thiophene rings is 1. The first-order chi connectivity index (χ1) is 31.2. The molecule has 10 aromatic carbocycles. The molecule has 0 spiro atoms. The first kappa shape index (κ1) is 35.2. The van der Waals surface area contributed by atoms with E-state index >= 15 is 0 Å². The van der Waals surface area contributed by atoms with Crippen molar-refractivity contribution in [1.29, 1.82) is 0 Å². The van der Waals surface area contributed by atoms with Crippen molar-refractivity contribution in [2.75, 3.05) is 0 Å². The highest BCUT2D eigenvalue weighted by atomic mass is 32.1. The summed E-state index contributed by atoms with van der Waals surface area (Å²) >= 11 is 1.92. The average molecular weight is 832 g/mol. The quantitative estimate of drug-likeness (QED) is 0.163. The molecule has 0 fully saturated rings. The molecule has 0 N–H and O–H groups in total. The molecule has 64 heavy (non-hydrogen) atoms. The maximum absolute atomic E-state index is 2.58. The number of fused-ring (bicyclic) bond motifs is 18. The molecule has 0 saturated heterocycles. The minimum absolute atomic E-state index is 0.000750. The van der Waals surface area contributed by atoms with Gasteiger partial charge in [-0.05, 0) is 149 Å². The highest BCUT2D eigenvalue weighted by molar-refractivity contribution is 7.26. The van der Waals surface area contributed by atoms with Crippen molar-refractivity contribution in [3.8, 4) is 44.5 Å². The van der Waals surface area contributed by atoms with Crippen LogP contribution in [0.15, 0.2) is 176 Å². The van der Waals surface area contributed by atoms with Crippen LogP contribution in [0.4, 0.5) is 0 Å². The lowest BCUT2D eigenvalue weighted by Crippen LogP contribution is -2.14. The van der Waals surface area contributed by atoms with Crippen LogP contribution in [-0.4, -0.2) is 4.40 Å². The zero-order valence-electron chi connectivity index (χ0n) is 36.1. The molecule has 15 rings (SSSR count). The Labute approximate surface area is 374 Å². The summed E-state index contributed by atoms with van der Waals surface area (Å²) in [4.78, 5) is 0. The van der Waals surface area contributed by atoms with E-state index in [1.807, 2.05) is 11.3 Å². The molecule has 2 aliphatic rings. The summed E-state index contributed by atoms with van der Waals surface area (Å²) in [5, 5.41) is 13.1. The predicted molar refractivity (Wildman–Crippen MR) is 275 cm³/mol. The Balaban J connectivity index is 0.945. The van der Waals surface area contributed by atoms with Crippen LogP contribution in [0.25, 0.3) is 124 Å². The maximum atomic E-state index is 2.58. The number of hydrogen-bond donors (Lipinski definition) is 0. The van der Waals surface area contributed by atoms with E-state index in [0.717, 1.165) is 0 Å². The Morgan fingerprint density at radius 2 is 0.844 bits per heavy atom. The first-order valence-electron chi connectivity index (χ1n) is 22.7. The van der Waals surface area contributed by atoms with Crippen LogP contribution in [0.1, 0.15) is 49.9 Å². The third kappa shape index (κ3) is 4.39. The summed E-state index contributed by atoms with van der Waals surface area (Å²) < 4.78 is 5.27. The van der Waals surface area contributed by atoms with Crippen molar-refractivity contribution in [2.45, 2.75) is 38.5 Å². The van der Waals surface area contributed by atoms with E-state index in [0.29, 0.717) is 0 Å². The second-order valence-corrected chi connectivity index (χ2v) is 20.8. The highest BCUT2D eigenvalue weighted by Crippen LogP contribution is 2.53. The minimum atomic E-state index is -0.00340. The van der Waals surface area contributed by atoms with E-state index in [4.69, 9.17) is 0 Å². The van der Waals surface area contributed by atoms with Crippen LogP contribution < -0.4 is 0 Å². The molecule has 13 aromatic rings. The van der Waals surface area contributed by atoms with Gasteiger partial charge in [0.1, 0.15) is 0 Å². The van der Waals surface area contributed by atoms with Gasteiger partial charge in [-0.3, -0.25) is 0 Å². The topological polar surface area (TPSA) is 4.41 Å². The Morgan fingerprint density at radius 1 is 0.344 bits per heavy atom. The van der Waals surface area contributed by atoms with Crippen LogP contribution in [0, 0.1) is 0 Å². The van der Waals surface area contributed by atoms with Gasteiger partial charge in [-0.15, -0.1) is 11.3 Å². The smallest absolute Gasteiger partial charge is 0.0627 e. The number of hydrogen-bond acceptors (Lipinski definition) is 1. The van der Waals surface area contributed by atoms with Crippen LogP contribution in [-0.2, 0) is 10.8 Å². The van der Waals surface area contributed by atoms with Gasteiger partial charge in [-0.25, -0.2) is 0 Å². The van der Waals surface area contributed by atoms with Gasteiger partial charge in [0.25, 0.3) is 0 Å². The van der Waals surface area contributed by atoms with Gasteiger partial charge in [0.15, 0.2) is 0 Å². The summed E-state index contributed by atoms with van der Waals surface area (Å²) in [6.45, 7) is 9.42. The van der Waals surface area contributed by atoms with Gasteiger partial charge < -0.3 is 4.40 Å². The summed E-state index contributed by atoms with van der Waals surface area (Å²) in [5.74, 6) is 0. The molecule has 2 aliphatic carbocycles. The van der Waals surface area contributed by atoms with Crippen LogP contribution >= 0.6 is 11.3 Å². The first-order valence-corrected chi connectivity index (χ1v) is 23.5. The fraction of sp³-hybridized carbons (Fsp3) is 0.0968. The Morgan fingerprint density at radius 3 is 1.47 bits per heavy atom. The second-order valence-electron chi connectivity index (χ2n) is 19.7. The van der Waals surface area contributed by atoms with Crippen molar-refractivity contribution in [3.05, 3.63) is 198 Å². The van der Waals surface area contributed by atoms with Gasteiger partial charge in [-0.1, -0.05) is 143 Å². The van der Waals surface area contributed by atoms with Crippen LogP contribution in [0.2, 0.25) is 0 Å². The number of rotatable bonds is 2. The Kier molecular flexibility index (Phi) is 6.52. The molecule has 300 valence electrons. The third-order valence-corrected chi connectivity index (χ3v) is 16.8. The fourth-order valence-electron chi connectivity index (χ4n) is 12.5. The van der Waals surface area contributed by atoms with E-state index in [1.54, 1.807) is 0 Å². The Hall–Kier alpha value is -7.26. The van der Waals surface area contributed by atoms with Crippen molar-refractivity contribution in [1.82, 2.24) is 4.40 Å². The van der Waals surface area contributed by atoms with E-state index in [1.165, 1.54) is 147 Å². The third-order valence-electron chi connectivity index (χ3n) is 15.6. The van der Waals surface area contributed by atoms with Crippen molar-refractivity contribution < 1.29 is 0 Å². The lowest BCUT2D eigenvalue weighted by Gasteiger charge is -2.21.